The molecule has 1 rings (SSSR count). The van der Waals surface area contributed by atoms with E-state index in [1.807, 2.05) is 18.2 Å². The van der Waals surface area contributed by atoms with Gasteiger partial charge in [-0.3, -0.25) is 4.99 Å². The quantitative estimate of drug-likeness (QED) is 0.599. The predicted octanol–water partition coefficient (Wildman–Crippen LogP) is 2.60. The van der Waals surface area contributed by atoms with E-state index in [1.165, 1.54) is 0 Å². The first-order valence-electron chi connectivity index (χ1n) is 7.97. The number of nitrogens with one attached hydrogen (secondary N) is 2. The van der Waals surface area contributed by atoms with Crippen LogP contribution in [-0.4, -0.2) is 46.4 Å². The number of benzene rings is 1. The number of aliphatic imine (C=N–C) groups is 1. The molecule has 2 atom stereocenters. The highest BCUT2D eigenvalue weighted by Gasteiger charge is 2.24. The summed E-state index contributed by atoms with van der Waals surface area (Å²) < 4.78 is 11.1. The summed E-state index contributed by atoms with van der Waals surface area (Å²) in [5.74, 6) is 0.745. The van der Waals surface area contributed by atoms with Gasteiger partial charge in [-0.1, -0.05) is 51.1 Å². The van der Waals surface area contributed by atoms with Crippen LogP contribution in [0.1, 0.15) is 32.4 Å². The molecular weight excluding hydrogens is 290 g/mol. The summed E-state index contributed by atoms with van der Waals surface area (Å²) in [6.45, 7) is 7.83. The average Bonchev–Trinajstić information content (AvgIpc) is 2.53. The van der Waals surface area contributed by atoms with Crippen molar-refractivity contribution in [1.29, 1.82) is 0 Å². The standard InChI is InChI=1S/C18H31N3O2/c1-18(2,3)16(23-6)13-21-17(19-4)20-12-15(22-5)14-10-8-7-9-11-14/h7-11,15-16H,12-13H2,1-6H3,(H2,19,20,21). The maximum absolute atomic E-state index is 5.56. The van der Waals surface area contributed by atoms with Crippen molar-refractivity contribution in [2.24, 2.45) is 10.4 Å². The molecule has 130 valence electrons. The van der Waals surface area contributed by atoms with Gasteiger partial charge < -0.3 is 20.1 Å². The molecular formula is C18H31N3O2. The lowest BCUT2D eigenvalue weighted by Crippen LogP contribution is -2.46. The van der Waals surface area contributed by atoms with Gasteiger partial charge in [0.05, 0.1) is 12.2 Å². The summed E-state index contributed by atoms with van der Waals surface area (Å²) in [5.41, 5.74) is 1.21. The third kappa shape index (κ3) is 6.59. The molecule has 0 saturated carbocycles. The van der Waals surface area contributed by atoms with E-state index in [0.29, 0.717) is 13.1 Å². The molecule has 23 heavy (non-hydrogen) atoms. The first-order chi connectivity index (χ1) is 10.9. The largest absolute Gasteiger partial charge is 0.379 e. The molecule has 5 nitrogen and oxygen atoms in total. The maximum Gasteiger partial charge on any atom is 0.191 e. The minimum absolute atomic E-state index is 0.0180. The van der Waals surface area contributed by atoms with Crippen molar-refractivity contribution in [2.45, 2.75) is 33.0 Å². The van der Waals surface area contributed by atoms with Crippen molar-refractivity contribution in [3.05, 3.63) is 35.9 Å². The fraction of sp³-hybridized carbons (Fsp3) is 0.611. The van der Waals surface area contributed by atoms with Gasteiger partial charge in [-0.2, -0.15) is 0 Å². The Kier molecular flexibility index (Phi) is 8.06. The molecule has 0 aliphatic rings. The summed E-state index contributed by atoms with van der Waals surface area (Å²) in [4.78, 5) is 4.26. The molecule has 0 aliphatic heterocycles. The molecule has 0 bridgehead atoms. The second kappa shape index (κ2) is 9.53. The SMILES string of the molecule is CN=C(NCC(OC)c1ccccc1)NCC(OC)C(C)(C)C. The van der Waals surface area contributed by atoms with E-state index in [0.717, 1.165) is 11.5 Å². The zero-order chi connectivity index (χ0) is 17.3. The maximum atomic E-state index is 5.56. The number of hydrogen-bond donors (Lipinski definition) is 2. The van der Waals surface area contributed by atoms with Crippen LogP contribution in [0.25, 0.3) is 0 Å². The zero-order valence-electron chi connectivity index (χ0n) is 15.2. The number of nitrogens with zero attached hydrogens (tertiary/aromatic N) is 1. The topological polar surface area (TPSA) is 54.9 Å². The molecule has 1 aromatic rings. The number of methoxy groups -OCH3 is 2. The molecule has 0 fully saturated rings. The molecule has 0 spiro atoms. The minimum Gasteiger partial charge on any atom is -0.379 e. The van der Waals surface area contributed by atoms with E-state index >= 15 is 0 Å². The predicted molar refractivity (Wildman–Crippen MR) is 95.8 cm³/mol. The van der Waals surface area contributed by atoms with E-state index in [9.17, 15) is 0 Å². The lowest BCUT2D eigenvalue weighted by atomic mass is 9.89. The summed E-state index contributed by atoms with van der Waals surface area (Å²) in [7, 11) is 5.22. The zero-order valence-corrected chi connectivity index (χ0v) is 15.2. The third-order valence-electron chi connectivity index (χ3n) is 3.84. The Morgan fingerprint density at radius 2 is 1.65 bits per heavy atom. The third-order valence-corrected chi connectivity index (χ3v) is 3.84. The van der Waals surface area contributed by atoms with Crippen LogP contribution in [-0.2, 0) is 9.47 Å². The van der Waals surface area contributed by atoms with Crippen LogP contribution in [0.2, 0.25) is 0 Å². The summed E-state index contributed by atoms with van der Waals surface area (Å²) in [6.07, 6.45) is 0.0870. The van der Waals surface area contributed by atoms with Gasteiger partial charge in [-0.15, -0.1) is 0 Å². The first kappa shape index (κ1) is 19.5. The van der Waals surface area contributed by atoms with E-state index < -0.39 is 0 Å². The Bertz CT molecular complexity index is 469. The molecule has 2 N–H and O–H groups in total. The van der Waals surface area contributed by atoms with E-state index in [1.54, 1.807) is 21.3 Å². The van der Waals surface area contributed by atoms with Crippen LogP contribution in [0.5, 0.6) is 0 Å². The van der Waals surface area contributed by atoms with Gasteiger partial charge in [-0.25, -0.2) is 0 Å². The van der Waals surface area contributed by atoms with Crippen LogP contribution in [0.15, 0.2) is 35.3 Å². The van der Waals surface area contributed by atoms with Crippen LogP contribution >= 0.6 is 0 Å². The molecule has 0 heterocycles. The van der Waals surface area contributed by atoms with Gasteiger partial charge in [0.2, 0.25) is 0 Å². The molecule has 1 aromatic carbocycles. The Labute approximate surface area is 140 Å². The lowest BCUT2D eigenvalue weighted by molar-refractivity contribution is 0.0204. The van der Waals surface area contributed by atoms with Crippen LogP contribution < -0.4 is 10.6 Å². The highest BCUT2D eigenvalue weighted by atomic mass is 16.5. The smallest absolute Gasteiger partial charge is 0.191 e. The van der Waals surface area contributed by atoms with Gasteiger partial charge >= 0.3 is 0 Å². The van der Waals surface area contributed by atoms with Crippen LogP contribution in [0.3, 0.4) is 0 Å². The second-order valence-corrected chi connectivity index (χ2v) is 6.56. The fourth-order valence-corrected chi connectivity index (χ4v) is 2.35. The Balaban J connectivity index is 2.53. The van der Waals surface area contributed by atoms with Gasteiger partial charge in [0.25, 0.3) is 0 Å². The minimum atomic E-state index is -0.0180. The monoisotopic (exact) mass is 321 g/mol. The van der Waals surface area contributed by atoms with Gasteiger partial charge in [0.15, 0.2) is 5.96 Å². The van der Waals surface area contributed by atoms with Crippen molar-refractivity contribution in [2.75, 3.05) is 34.4 Å². The molecule has 0 saturated heterocycles. The van der Waals surface area contributed by atoms with Gasteiger partial charge in [0.1, 0.15) is 0 Å². The Morgan fingerprint density at radius 3 is 2.13 bits per heavy atom. The van der Waals surface area contributed by atoms with Crippen LogP contribution in [0, 0.1) is 5.41 Å². The van der Waals surface area contributed by atoms with Gasteiger partial charge in [-0.05, 0) is 11.0 Å². The highest BCUT2D eigenvalue weighted by Crippen LogP contribution is 2.21. The second-order valence-electron chi connectivity index (χ2n) is 6.56. The van der Waals surface area contributed by atoms with E-state index in [4.69, 9.17) is 9.47 Å². The first-order valence-corrected chi connectivity index (χ1v) is 7.97. The van der Waals surface area contributed by atoms with Crippen molar-refractivity contribution < 1.29 is 9.47 Å². The molecule has 0 radical (unpaired) electrons. The van der Waals surface area contributed by atoms with Crippen molar-refractivity contribution >= 4 is 5.96 Å². The average molecular weight is 321 g/mol. The van der Waals surface area contributed by atoms with Crippen molar-refractivity contribution in [1.82, 2.24) is 10.6 Å². The normalized spacial score (nSPS) is 15.1. The number of ether oxygens (including phenoxy) is 2. The molecule has 2 unspecified atom stereocenters. The molecule has 5 heteroatoms. The Hall–Kier alpha value is -1.59. The van der Waals surface area contributed by atoms with Gasteiger partial charge in [0, 0.05) is 34.4 Å². The van der Waals surface area contributed by atoms with E-state index in [2.05, 4.69) is 48.5 Å². The highest BCUT2D eigenvalue weighted by molar-refractivity contribution is 5.79. The molecule has 0 aliphatic carbocycles. The van der Waals surface area contributed by atoms with Crippen molar-refractivity contribution in [3.8, 4) is 0 Å². The van der Waals surface area contributed by atoms with Crippen LogP contribution in [0.4, 0.5) is 0 Å². The summed E-state index contributed by atoms with van der Waals surface area (Å²) in [6, 6.07) is 10.2. The lowest BCUT2D eigenvalue weighted by Gasteiger charge is -2.30. The Morgan fingerprint density at radius 1 is 1.04 bits per heavy atom. The fourth-order valence-electron chi connectivity index (χ4n) is 2.35. The summed E-state index contributed by atoms with van der Waals surface area (Å²) >= 11 is 0. The molecule has 0 amide bonds. The number of hydrogen-bond acceptors (Lipinski definition) is 3. The number of rotatable bonds is 7. The molecule has 0 aromatic heterocycles. The number of guanidine groups is 1. The van der Waals surface area contributed by atoms with Crippen molar-refractivity contribution in [3.63, 3.8) is 0 Å². The van der Waals surface area contributed by atoms with E-state index in [-0.39, 0.29) is 17.6 Å². The summed E-state index contributed by atoms with van der Waals surface area (Å²) in [5, 5.41) is 6.62.